The monoisotopic (exact) mass is 347 g/mol. The van der Waals surface area contributed by atoms with E-state index in [0.717, 1.165) is 11.4 Å². The molecule has 3 rings (SSSR count). The van der Waals surface area contributed by atoms with E-state index in [-0.39, 0.29) is 17.8 Å². The maximum Gasteiger partial charge on any atom is 0.161 e. The molecule has 1 aromatic heterocycles. The molecule has 4 nitrogen and oxygen atoms in total. The molecular weight excluding hydrogens is 333 g/mol. The van der Waals surface area contributed by atoms with Crippen LogP contribution in [0.15, 0.2) is 36.4 Å². The van der Waals surface area contributed by atoms with Gasteiger partial charge in [-0.3, -0.25) is 0 Å². The van der Waals surface area contributed by atoms with E-state index < -0.39 is 0 Å². The molecule has 0 aliphatic carbocycles. The number of rotatable bonds is 2. The Labute approximate surface area is 145 Å². The van der Waals surface area contributed by atoms with E-state index in [1.165, 1.54) is 0 Å². The molecule has 0 spiro atoms. The molecule has 1 fully saturated rings. The standard InChI is InChI=1S/C17H15Cl2N3O/c1-11-10-23-16(12-3-2-4-13(18)7-12)9-22(11)17-6-5-14(19)15(8-20)21-17/h2-7,11,16H,9-10H2,1H3. The first-order valence-corrected chi connectivity index (χ1v) is 8.04. The molecule has 1 aliphatic heterocycles. The minimum Gasteiger partial charge on any atom is -0.370 e. The molecule has 118 valence electrons. The molecule has 1 aliphatic rings. The van der Waals surface area contributed by atoms with Crippen molar-refractivity contribution in [1.82, 2.24) is 4.98 Å². The summed E-state index contributed by atoms with van der Waals surface area (Å²) in [4.78, 5) is 6.49. The molecule has 1 saturated heterocycles. The van der Waals surface area contributed by atoms with Crippen LogP contribution in [0.2, 0.25) is 10.0 Å². The number of aromatic nitrogens is 1. The van der Waals surface area contributed by atoms with Crippen LogP contribution >= 0.6 is 23.2 Å². The van der Waals surface area contributed by atoms with Crippen LogP contribution in [0.1, 0.15) is 24.3 Å². The van der Waals surface area contributed by atoms with Gasteiger partial charge in [-0.15, -0.1) is 0 Å². The van der Waals surface area contributed by atoms with E-state index >= 15 is 0 Å². The number of halogens is 2. The van der Waals surface area contributed by atoms with Crippen LogP contribution in [0, 0.1) is 11.3 Å². The molecule has 0 amide bonds. The van der Waals surface area contributed by atoms with Crippen LogP contribution in [0.5, 0.6) is 0 Å². The molecule has 2 atom stereocenters. The third-order valence-corrected chi connectivity index (χ3v) is 4.43. The largest absolute Gasteiger partial charge is 0.370 e. The number of anilines is 1. The van der Waals surface area contributed by atoms with Crippen LogP contribution in [-0.4, -0.2) is 24.2 Å². The van der Waals surface area contributed by atoms with Crippen molar-refractivity contribution < 1.29 is 4.74 Å². The Morgan fingerprint density at radius 3 is 2.87 bits per heavy atom. The van der Waals surface area contributed by atoms with E-state index in [1.54, 1.807) is 6.07 Å². The highest BCUT2D eigenvalue weighted by molar-refractivity contribution is 6.31. The van der Waals surface area contributed by atoms with Gasteiger partial charge in [0.15, 0.2) is 5.69 Å². The van der Waals surface area contributed by atoms with Crippen molar-refractivity contribution in [2.45, 2.75) is 19.1 Å². The fraction of sp³-hybridized carbons (Fsp3) is 0.294. The molecule has 23 heavy (non-hydrogen) atoms. The van der Waals surface area contributed by atoms with Crippen molar-refractivity contribution in [2.75, 3.05) is 18.1 Å². The minimum atomic E-state index is -0.0899. The third-order valence-electron chi connectivity index (χ3n) is 3.89. The average Bonchev–Trinajstić information content (AvgIpc) is 2.56. The molecule has 0 bridgehead atoms. The molecular formula is C17H15Cl2N3O. The van der Waals surface area contributed by atoms with E-state index in [1.807, 2.05) is 36.4 Å². The fourth-order valence-electron chi connectivity index (χ4n) is 2.65. The van der Waals surface area contributed by atoms with Gasteiger partial charge in [0.25, 0.3) is 0 Å². The predicted molar refractivity (Wildman–Crippen MR) is 90.9 cm³/mol. The van der Waals surface area contributed by atoms with Gasteiger partial charge in [0.05, 0.1) is 24.2 Å². The van der Waals surface area contributed by atoms with Crippen molar-refractivity contribution in [1.29, 1.82) is 5.26 Å². The number of nitriles is 1. The lowest BCUT2D eigenvalue weighted by Crippen LogP contribution is -2.45. The second-order valence-electron chi connectivity index (χ2n) is 5.49. The summed E-state index contributed by atoms with van der Waals surface area (Å²) < 4.78 is 5.94. The zero-order valence-corrected chi connectivity index (χ0v) is 14.1. The summed E-state index contributed by atoms with van der Waals surface area (Å²) in [5.41, 5.74) is 1.27. The zero-order valence-electron chi connectivity index (χ0n) is 12.5. The Morgan fingerprint density at radius 2 is 2.13 bits per heavy atom. The average molecular weight is 348 g/mol. The summed E-state index contributed by atoms with van der Waals surface area (Å²) in [6.45, 7) is 3.28. The van der Waals surface area contributed by atoms with Gasteiger partial charge < -0.3 is 9.64 Å². The molecule has 2 unspecified atom stereocenters. The van der Waals surface area contributed by atoms with Gasteiger partial charge in [-0.1, -0.05) is 35.3 Å². The quantitative estimate of drug-likeness (QED) is 0.815. The van der Waals surface area contributed by atoms with Crippen LogP contribution in [0.4, 0.5) is 5.82 Å². The maximum atomic E-state index is 9.11. The minimum absolute atomic E-state index is 0.0899. The number of hydrogen-bond acceptors (Lipinski definition) is 4. The molecule has 2 heterocycles. The second kappa shape index (κ2) is 6.76. The second-order valence-corrected chi connectivity index (χ2v) is 6.33. The SMILES string of the molecule is CC1COC(c2cccc(Cl)c2)CN1c1ccc(Cl)c(C#N)n1. The number of benzene rings is 1. The van der Waals surface area contributed by atoms with Crippen molar-refractivity contribution in [3.63, 3.8) is 0 Å². The normalized spacial score (nSPS) is 21.0. The van der Waals surface area contributed by atoms with Crippen LogP contribution < -0.4 is 4.90 Å². The topological polar surface area (TPSA) is 49.1 Å². The van der Waals surface area contributed by atoms with Gasteiger partial charge in [-0.05, 0) is 36.8 Å². The summed E-state index contributed by atoms with van der Waals surface area (Å²) in [5, 5.41) is 10.2. The van der Waals surface area contributed by atoms with Gasteiger partial charge in [-0.25, -0.2) is 4.98 Å². The Kier molecular flexibility index (Phi) is 4.72. The van der Waals surface area contributed by atoms with Gasteiger partial charge in [0.1, 0.15) is 18.0 Å². The summed E-state index contributed by atoms with van der Waals surface area (Å²) in [6, 6.07) is 13.4. The molecule has 1 aromatic carbocycles. The predicted octanol–water partition coefficient (Wildman–Crippen LogP) is 4.23. The summed E-state index contributed by atoms with van der Waals surface area (Å²) >= 11 is 12.0. The van der Waals surface area contributed by atoms with Crippen molar-refractivity contribution in [3.05, 3.63) is 57.7 Å². The number of morpholine rings is 1. The highest BCUT2D eigenvalue weighted by Gasteiger charge is 2.28. The Morgan fingerprint density at radius 1 is 1.30 bits per heavy atom. The first-order valence-electron chi connectivity index (χ1n) is 7.29. The Hall–Kier alpha value is -1.80. The lowest BCUT2D eigenvalue weighted by Gasteiger charge is -2.39. The third kappa shape index (κ3) is 3.42. The lowest BCUT2D eigenvalue weighted by atomic mass is 10.1. The van der Waals surface area contributed by atoms with Crippen LogP contribution in [-0.2, 0) is 4.74 Å². The molecule has 0 radical (unpaired) electrons. The van der Waals surface area contributed by atoms with Crippen LogP contribution in [0.3, 0.4) is 0 Å². The van der Waals surface area contributed by atoms with Gasteiger partial charge >= 0.3 is 0 Å². The molecule has 6 heteroatoms. The Balaban J connectivity index is 1.88. The van der Waals surface area contributed by atoms with Crippen molar-refractivity contribution in [2.24, 2.45) is 0 Å². The summed E-state index contributed by atoms with van der Waals surface area (Å²) in [7, 11) is 0. The number of pyridine rings is 1. The maximum absolute atomic E-state index is 9.11. The zero-order chi connectivity index (χ0) is 16.4. The fourth-order valence-corrected chi connectivity index (χ4v) is 3.00. The molecule has 2 aromatic rings. The number of nitrogens with zero attached hydrogens (tertiary/aromatic N) is 3. The van der Waals surface area contributed by atoms with E-state index in [4.69, 9.17) is 33.2 Å². The van der Waals surface area contributed by atoms with Gasteiger partial charge in [0, 0.05) is 5.02 Å². The highest BCUT2D eigenvalue weighted by atomic mass is 35.5. The number of ether oxygens (including phenoxy) is 1. The Bertz CT molecular complexity index is 760. The first-order chi connectivity index (χ1) is 11.1. The summed E-state index contributed by atoms with van der Waals surface area (Å²) in [6.07, 6.45) is -0.0899. The van der Waals surface area contributed by atoms with Crippen molar-refractivity contribution in [3.8, 4) is 6.07 Å². The van der Waals surface area contributed by atoms with E-state index in [2.05, 4.69) is 16.8 Å². The highest BCUT2D eigenvalue weighted by Crippen LogP contribution is 2.30. The van der Waals surface area contributed by atoms with Gasteiger partial charge in [0.2, 0.25) is 0 Å². The lowest BCUT2D eigenvalue weighted by molar-refractivity contribution is 0.0212. The molecule has 0 N–H and O–H groups in total. The van der Waals surface area contributed by atoms with Gasteiger partial charge in [-0.2, -0.15) is 5.26 Å². The van der Waals surface area contributed by atoms with Crippen molar-refractivity contribution >= 4 is 29.0 Å². The molecule has 0 saturated carbocycles. The first kappa shape index (κ1) is 16.1. The van der Waals surface area contributed by atoms with E-state index in [0.29, 0.717) is 23.2 Å². The number of hydrogen-bond donors (Lipinski definition) is 0. The van der Waals surface area contributed by atoms with Crippen LogP contribution in [0.25, 0.3) is 0 Å². The van der Waals surface area contributed by atoms with E-state index in [9.17, 15) is 0 Å². The smallest absolute Gasteiger partial charge is 0.161 e. The summed E-state index contributed by atoms with van der Waals surface area (Å²) in [5.74, 6) is 0.730.